The molecule has 1 rings (SSSR count). The van der Waals surface area contributed by atoms with Gasteiger partial charge in [-0.2, -0.15) is 0 Å². The number of aromatic nitrogens is 2. The van der Waals surface area contributed by atoms with Crippen molar-refractivity contribution in [3.8, 4) is 0 Å². The second-order valence-electron chi connectivity index (χ2n) is 2.35. The molecule has 0 aliphatic rings. The molecule has 11 heavy (non-hydrogen) atoms. The highest BCUT2D eigenvalue weighted by atomic mass is 15.5. The third-order valence-corrected chi connectivity index (χ3v) is 1.49. The topological polar surface area (TPSA) is 21.1 Å². The fourth-order valence-corrected chi connectivity index (χ4v) is 0.806. The summed E-state index contributed by atoms with van der Waals surface area (Å²) >= 11 is 0. The molecule has 1 heterocycles. The molecule has 0 aromatic carbocycles. The molecule has 0 saturated carbocycles. The molecule has 0 saturated heterocycles. The van der Waals surface area contributed by atoms with E-state index in [0.717, 1.165) is 6.54 Å². The van der Waals surface area contributed by atoms with Gasteiger partial charge in [0.05, 0.1) is 6.54 Å². The summed E-state index contributed by atoms with van der Waals surface area (Å²) in [4.78, 5) is 3.95. The van der Waals surface area contributed by atoms with Crippen LogP contribution in [-0.2, 0) is 0 Å². The van der Waals surface area contributed by atoms with Crippen LogP contribution in [-0.4, -0.2) is 23.3 Å². The summed E-state index contributed by atoms with van der Waals surface area (Å²) in [6.45, 7) is 2.93. The zero-order valence-electron chi connectivity index (χ0n) is 6.94. The maximum absolute atomic E-state index is 3.95. The van der Waals surface area contributed by atoms with Crippen molar-refractivity contribution in [1.29, 1.82) is 0 Å². The van der Waals surface area contributed by atoms with Crippen LogP contribution in [0, 0.1) is 0 Å². The van der Waals surface area contributed by atoms with E-state index >= 15 is 0 Å². The number of likely N-dealkylation sites (N-methyl/N-ethyl adjacent to an activating group) is 1. The van der Waals surface area contributed by atoms with Crippen LogP contribution in [0.2, 0.25) is 0 Å². The Morgan fingerprint density at radius 2 is 2.45 bits per heavy atom. The predicted octanol–water partition coefficient (Wildman–Crippen LogP) is 1.03. The van der Waals surface area contributed by atoms with Crippen LogP contribution in [0.1, 0.15) is 6.92 Å². The molecule has 0 bridgehead atoms. The normalized spacial score (nSPS) is 10.7. The lowest BCUT2D eigenvalue weighted by molar-refractivity contribution is 0.692. The minimum Gasteiger partial charge on any atom is -0.311 e. The molecule has 1 aromatic rings. The largest absolute Gasteiger partial charge is 0.311 e. The highest BCUT2D eigenvalue weighted by Crippen LogP contribution is 1.87. The molecular formula is C8H13N3. The second kappa shape index (κ2) is 3.81. The van der Waals surface area contributed by atoms with Gasteiger partial charge in [0.25, 0.3) is 0 Å². The average Bonchev–Trinajstić information content (AvgIpc) is 2.52. The van der Waals surface area contributed by atoms with Crippen molar-refractivity contribution in [2.45, 2.75) is 6.92 Å². The summed E-state index contributed by atoms with van der Waals surface area (Å²) in [5.41, 5.74) is 0. The standard InChI is InChI=1S/C8H13N3/c1-3-4-6-10(2)11-7-5-9-8-11/h3-5,7-8H,6H2,1-2H3/b4-3-. The van der Waals surface area contributed by atoms with E-state index in [4.69, 9.17) is 0 Å². The Morgan fingerprint density at radius 3 is 3.00 bits per heavy atom. The van der Waals surface area contributed by atoms with Crippen LogP contribution >= 0.6 is 0 Å². The van der Waals surface area contributed by atoms with E-state index in [2.05, 4.69) is 16.1 Å². The second-order valence-corrected chi connectivity index (χ2v) is 2.35. The first-order chi connectivity index (χ1) is 5.34. The number of allylic oxidation sites excluding steroid dienone is 1. The van der Waals surface area contributed by atoms with Gasteiger partial charge < -0.3 is 5.01 Å². The predicted molar refractivity (Wildman–Crippen MR) is 46.0 cm³/mol. The number of nitrogens with zero attached hydrogens (tertiary/aromatic N) is 3. The van der Waals surface area contributed by atoms with Gasteiger partial charge in [0, 0.05) is 19.4 Å². The number of hydrogen-bond donors (Lipinski definition) is 0. The first-order valence-corrected chi connectivity index (χ1v) is 3.65. The van der Waals surface area contributed by atoms with E-state index in [1.54, 1.807) is 12.5 Å². The molecule has 3 heteroatoms. The summed E-state index contributed by atoms with van der Waals surface area (Å²) in [6, 6.07) is 0. The highest BCUT2D eigenvalue weighted by Gasteiger charge is 1.92. The van der Waals surface area contributed by atoms with E-state index < -0.39 is 0 Å². The van der Waals surface area contributed by atoms with Crippen LogP contribution in [0.5, 0.6) is 0 Å². The van der Waals surface area contributed by atoms with Crippen molar-refractivity contribution < 1.29 is 0 Å². The molecule has 0 unspecified atom stereocenters. The van der Waals surface area contributed by atoms with E-state index in [0.29, 0.717) is 0 Å². The number of imidazole rings is 1. The van der Waals surface area contributed by atoms with Gasteiger partial charge >= 0.3 is 0 Å². The van der Waals surface area contributed by atoms with Crippen LogP contribution < -0.4 is 5.01 Å². The maximum Gasteiger partial charge on any atom is 0.114 e. The Morgan fingerprint density at radius 1 is 1.64 bits per heavy atom. The van der Waals surface area contributed by atoms with Crippen LogP contribution in [0.25, 0.3) is 0 Å². The molecule has 0 N–H and O–H groups in total. The van der Waals surface area contributed by atoms with Crippen molar-refractivity contribution in [1.82, 2.24) is 9.66 Å². The van der Waals surface area contributed by atoms with Gasteiger partial charge in [0.2, 0.25) is 0 Å². The van der Waals surface area contributed by atoms with Crippen molar-refractivity contribution >= 4 is 0 Å². The molecule has 0 fully saturated rings. The fraction of sp³-hybridized carbons (Fsp3) is 0.375. The van der Waals surface area contributed by atoms with Gasteiger partial charge in [-0.3, -0.25) is 4.68 Å². The quantitative estimate of drug-likeness (QED) is 0.601. The lowest BCUT2D eigenvalue weighted by atomic mass is 10.5. The Bertz CT molecular complexity index is 213. The van der Waals surface area contributed by atoms with Gasteiger partial charge in [-0.05, 0) is 6.92 Å². The van der Waals surface area contributed by atoms with Crippen molar-refractivity contribution in [2.24, 2.45) is 0 Å². The monoisotopic (exact) mass is 151 g/mol. The molecule has 3 nitrogen and oxygen atoms in total. The van der Waals surface area contributed by atoms with Gasteiger partial charge in [-0.1, -0.05) is 12.2 Å². The minimum atomic E-state index is 0.910. The Hall–Kier alpha value is -1.25. The molecule has 0 radical (unpaired) electrons. The summed E-state index contributed by atoms with van der Waals surface area (Å²) in [5.74, 6) is 0. The lowest BCUT2D eigenvalue weighted by Crippen LogP contribution is -2.28. The Kier molecular flexibility index (Phi) is 2.72. The molecule has 0 aliphatic heterocycles. The Labute approximate surface area is 66.9 Å². The molecule has 0 spiro atoms. The van der Waals surface area contributed by atoms with Crippen molar-refractivity contribution in [3.63, 3.8) is 0 Å². The lowest BCUT2D eigenvalue weighted by Gasteiger charge is -2.17. The van der Waals surface area contributed by atoms with Crippen molar-refractivity contribution in [3.05, 3.63) is 30.9 Å². The van der Waals surface area contributed by atoms with Gasteiger partial charge in [0.15, 0.2) is 0 Å². The number of rotatable bonds is 3. The zero-order valence-corrected chi connectivity index (χ0v) is 6.94. The average molecular weight is 151 g/mol. The summed E-state index contributed by atoms with van der Waals surface area (Å²) in [6.07, 6.45) is 9.60. The molecule has 1 aromatic heterocycles. The SMILES string of the molecule is C/C=C\CN(C)n1ccnc1. The van der Waals surface area contributed by atoms with E-state index in [-0.39, 0.29) is 0 Å². The Balaban J connectivity index is 2.49. The molecular weight excluding hydrogens is 138 g/mol. The third-order valence-electron chi connectivity index (χ3n) is 1.49. The fourth-order valence-electron chi connectivity index (χ4n) is 0.806. The van der Waals surface area contributed by atoms with Crippen molar-refractivity contribution in [2.75, 3.05) is 18.6 Å². The van der Waals surface area contributed by atoms with Crippen LogP contribution in [0.4, 0.5) is 0 Å². The highest BCUT2D eigenvalue weighted by molar-refractivity contribution is 4.93. The first-order valence-electron chi connectivity index (χ1n) is 3.65. The maximum atomic E-state index is 3.95. The third kappa shape index (κ3) is 2.11. The van der Waals surface area contributed by atoms with Gasteiger partial charge in [-0.15, -0.1) is 0 Å². The molecule has 0 aliphatic carbocycles. The first kappa shape index (κ1) is 7.85. The minimum absolute atomic E-state index is 0.910. The summed E-state index contributed by atoms with van der Waals surface area (Å²) in [5, 5.41) is 2.06. The van der Waals surface area contributed by atoms with Crippen LogP contribution in [0.15, 0.2) is 30.9 Å². The van der Waals surface area contributed by atoms with E-state index in [1.807, 2.05) is 30.9 Å². The molecule has 0 atom stereocenters. The van der Waals surface area contributed by atoms with Gasteiger partial charge in [0.1, 0.15) is 6.33 Å². The smallest absolute Gasteiger partial charge is 0.114 e. The van der Waals surface area contributed by atoms with E-state index in [9.17, 15) is 0 Å². The molecule has 60 valence electrons. The molecule has 0 amide bonds. The van der Waals surface area contributed by atoms with Crippen LogP contribution in [0.3, 0.4) is 0 Å². The zero-order chi connectivity index (χ0) is 8.10. The summed E-state index contributed by atoms with van der Waals surface area (Å²) < 4.78 is 1.94. The van der Waals surface area contributed by atoms with E-state index in [1.165, 1.54) is 0 Å². The summed E-state index contributed by atoms with van der Waals surface area (Å²) in [7, 11) is 2.02. The van der Waals surface area contributed by atoms with Gasteiger partial charge in [-0.25, -0.2) is 4.98 Å². The number of hydrogen-bond acceptors (Lipinski definition) is 2.